The molecule has 0 spiro atoms. The van der Waals surface area contributed by atoms with E-state index < -0.39 is 0 Å². The number of benzene rings is 1. The molecule has 19 heavy (non-hydrogen) atoms. The van der Waals surface area contributed by atoms with E-state index in [4.69, 9.17) is 28.9 Å². The monoisotopic (exact) mass is 324 g/mol. The van der Waals surface area contributed by atoms with Gasteiger partial charge in [-0.15, -0.1) is 12.4 Å². The fourth-order valence-corrected chi connectivity index (χ4v) is 2.01. The number of rotatable bonds is 6. The predicted molar refractivity (Wildman–Crippen MR) is 83.3 cm³/mol. The van der Waals surface area contributed by atoms with Gasteiger partial charge in [-0.3, -0.25) is 4.79 Å². The Hall–Kier alpha value is -0.480. The Labute approximate surface area is 130 Å². The SMILES string of the molecule is CC(N)CCC(=O)NCCc1ccc(Cl)cc1Cl.Cl. The van der Waals surface area contributed by atoms with Gasteiger partial charge in [0.25, 0.3) is 0 Å². The molecule has 0 aromatic heterocycles. The van der Waals surface area contributed by atoms with Crippen LogP contribution in [-0.2, 0) is 11.2 Å². The van der Waals surface area contributed by atoms with Gasteiger partial charge < -0.3 is 11.1 Å². The number of nitrogens with two attached hydrogens (primary N) is 1. The van der Waals surface area contributed by atoms with E-state index >= 15 is 0 Å². The van der Waals surface area contributed by atoms with Crippen molar-refractivity contribution in [2.24, 2.45) is 5.73 Å². The second-order valence-corrected chi connectivity index (χ2v) is 5.20. The van der Waals surface area contributed by atoms with Crippen molar-refractivity contribution in [3.05, 3.63) is 33.8 Å². The van der Waals surface area contributed by atoms with Gasteiger partial charge in [0.1, 0.15) is 0 Å². The number of amides is 1. The van der Waals surface area contributed by atoms with Gasteiger partial charge in [0, 0.05) is 29.1 Å². The van der Waals surface area contributed by atoms with Crippen LogP contribution in [0.2, 0.25) is 10.0 Å². The second kappa shape index (κ2) is 9.43. The van der Waals surface area contributed by atoms with E-state index in [-0.39, 0.29) is 24.4 Å². The highest BCUT2D eigenvalue weighted by Gasteiger charge is 2.04. The normalized spacial score (nSPS) is 11.6. The van der Waals surface area contributed by atoms with Gasteiger partial charge in [-0.05, 0) is 37.5 Å². The molecule has 0 saturated carbocycles. The minimum atomic E-state index is 0. The Balaban J connectivity index is 0.00000324. The molecule has 6 heteroatoms. The molecule has 0 heterocycles. The molecule has 1 unspecified atom stereocenters. The predicted octanol–water partition coefficient (Wildman–Crippen LogP) is 3.20. The minimum absolute atomic E-state index is 0. The lowest BCUT2D eigenvalue weighted by Crippen LogP contribution is -2.27. The molecule has 0 aliphatic rings. The van der Waals surface area contributed by atoms with E-state index in [2.05, 4.69) is 5.32 Å². The van der Waals surface area contributed by atoms with Crippen LogP contribution in [0.25, 0.3) is 0 Å². The van der Waals surface area contributed by atoms with Crippen LogP contribution in [0, 0.1) is 0 Å². The highest BCUT2D eigenvalue weighted by molar-refractivity contribution is 6.35. The molecule has 0 fully saturated rings. The summed E-state index contributed by atoms with van der Waals surface area (Å²) in [5.41, 5.74) is 6.56. The van der Waals surface area contributed by atoms with Crippen LogP contribution in [0.3, 0.4) is 0 Å². The summed E-state index contributed by atoms with van der Waals surface area (Å²) in [5, 5.41) is 4.09. The number of halogens is 3. The van der Waals surface area contributed by atoms with Crippen LogP contribution in [-0.4, -0.2) is 18.5 Å². The third-order valence-corrected chi connectivity index (χ3v) is 3.15. The fourth-order valence-electron chi connectivity index (χ4n) is 1.51. The number of hydrogen-bond donors (Lipinski definition) is 2. The van der Waals surface area contributed by atoms with Gasteiger partial charge in [0.05, 0.1) is 0 Å². The smallest absolute Gasteiger partial charge is 0.220 e. The Morgan fingerprint density at radius 3 is 2.68 bits per heavy atom. The molecule has 1 aromatic carbocycles. The summed E-state index contributed by atoms with van der Waals surface area (Å²) in [5.74, 6) is 0.0254. The largest absolute Gasteiger partial charge is 0.356 e. The van der Waals surface area contributed by atoms with Crippen molar-refractivity contribution in [3.8, 4) is 0 Å². The average Bonchev–Trinajstić information content (AvgIpc) is 2.29. The lowest BCUT2D eigenvalue weighted by Gasteiger charge is -2.08. The summed E-state index contributed by atoms with van der Waals surface area (Å²) in [7, 11) is 0. The van der Waals surface area contributed by atoms with E-state index in [1.165, 1.54) is 0 Å². The quantitative estimate of drug-likeness (QED) is 0.844. The zero-order valence-electron chi connectivity index (χ0n) is 10.8. The lowest BCUT2D eigenvalue weighted by molar-refractivity contribution is -0.121. The summed E-state index contributed by atoms with van der Waals surface area (Å²) in [6.07, 6.45) is 1.86. The van der Waals surface area contributed by atoms with E-state index in [1.54, 1.807) is 12.1 Å². The zero-order chi connectivity index (χ0) is 13.5. The van der Waals surface area contributed by atoms with Crippen LogP contribution in [0.15, 0.2) is 18.2 Å². The first kappa shape index (κ1) is 18.5. The maximum atomic E-state index is 11.5. The summed E-state index contributed by atoms with van der Waals surface area (Å²) in [4.78, 5) is 11.5. The minimum Gasteiger partial charge on any atom is -0.356 e. The first-order chi connectivity index (χ1) is 8.49. The first-order valence-electron chi connectivity index (χ1n) is 5.95. The zero-order valence-corrected chi connectivity index (χ0v) is 13.1. The van der Waals surface area contributed by atoms with Crippen LogP contribution in [0.4, 0.5) is 0 Å². The lowest BCUT2D eigenvalue weighted by atomic mass is 10.1. The van der Waals surface area contributed by atoms with Gasteiger partial charge in [-0.2, -0.15) is 0 Å². The maximum absolute atomic E-state index is 11.5. The third kappa shape index (κ3) is 7.63. The van der Waals surface area contributed by atoms with Crippen LogP contribution >= 0.6 is 35.6 Å². The topological polar surface area (TPSA) is 55.1 Å². The van der Waals surface area contributed by atoms with E-state index in [0.29, 0.717) is 35.9 Å². The molecular formula is C13H19Cl3N2O. The molecule has 3 nitrogen and oxygen atoms in total. The van der Waals surface area contributed by atoms with E-state index in [0.717, 1.165) is 5.56 Å². The second-order valence-electron chi connectivity index (χ2n) is 4.35. The van der Waals surface area contributed by atoms with Gasteiger partial charge in [0.15, 0.2) is 0 Å². The number of carbonyl (C=O) groups is 1. The van der Waals surface area contributed by atoms with Crippen molar-refractivity contribution in [1.29, 1.82) is 0 Å². The molecule has 1 amide bonds. The van der Waals surface area contributed by atoms with Crippen molar-refractivity contribution >= 4 is 41.5 Å². The van der Waals surface area contributed by atoms with Gasteiger partial charge in [0.2, 0.25) is 5.91 Å². The summed E-state index contributed by atoms with van der Waals surface area (Å²) in [6.45, 7) is 2.46. The molecule has 0 saturated heterocycles. The summed E-state index contributed by atoms with van der Waals surface area (Å²) in [6, 6.07) is 5.43. The van der Waals surface area contributed by atoms with E-state index in [1.807, 2.05) is 13.0 Å². The number of carbonyl (C=O) groups excluding carboxylic acids is 1. The third-order valence-electron chi connectivity index (χ3n) is 2.56. The highest BCUT2D eigenvalue weighted by atomic mass is 35.5. The van der Waals surface area contributed by atoms with E-state index in [9.17, 15) is 4.79 Å². The molecule has 1 rings (SSSR count). The van der Waals surface area contributed by atoms with Crippen molar-refractivity contribution in [3.63, 3.8) is 0 Å². The average molecular weight is 326 g/mol. The number of nitrogens with one attached hydrogen (secondary N) is 1. The van der Waals surface area contributed by atoms with Crippen molar-refractivity contribution < 1.29 is 4.79 Å². The van der Waals surface area contributed by atoms with Crippen molar-refractivity contribution in [2.45, 2.75) is 32.2 Å². The van der Waals surface area contributed by atoms with Gasteiger partial charge in [-0.1, -0.05) is 29.3 Å². The molecule has 1 atom stereocenters. The molecular weight excluding hydrogens is 307 g/mol. The summed E-state index contributed by atoms with van der Waals surface area (Å²) >= 11 is 11.8. The maximum Gasteiger partial charge on any atom is 0.220 e. The Kier molecular flexibility index (Phi) is 9.19. The standard InChI is InChI=1S/C13H18Cl2N2O.ClH/c1-9(16)2-5-13(18)17-7-6-10-3-4-11(14)8-12(10)15;/h3-4,8-9H,2,5-7,16H2,1H3,(H,17,18);1H. The Morgan fingerprint density at radius 1 is 1.42 bits per heavy atom. The van der Waals surface area contributed by atoms with Gasteiger partial charge >= 0.3 is 0 Å². The molecule has 108 valence electrons. The molecule has 0 bridgehead atoms. The fraction of sp³-hybridized carbons (Fsp3) is 0.462. The Bertz CT molecular complexity index is 411. The molecule has 0 aliphatic carbocycles. The number of hydrogen-bond acceptors (Lipinski definition) is 2. The molecule has 0 aliphatic heterocycles. The van der Waals surface area contributed by atoms with Crippen molar-refractivity contribution in [2.75, 3.05) is 6.54 Å². The first-order valence-corrected chi connectivity index (χ1v) is 6.71. The van der Waals surface area contributed by atoms with Crippen LogP contribution in [0.1, 0.15) is 25.3 Å². The molecule has 1 aromatic rings. The van der Waals surface area contributed by atoms with Crippen LogP contribution in [0.5, 0.6) is 0 Å². The summed E-state index contributed by atoms with van der Waals surface area (Å²) < 4.78 is 0. The molecule has 0 radical (unpaired) electrons. The van der Waals surface area contributed by atoms with Crippen molar-refractivity contribution in [1.82, 2.24) is 5.32 Å². The molecule has 3 N–H and O–H groups in total. The van der Waals surface area contributed by atoms with Crippen LogP contribution < -0.4 is 11.1 Å². The Morgan fingerprint density at radius 2 is 2.11 bits per heavy atom. The highest BCUT2D eigenvalue weighted by Crippen LogP contribution is 2.20. The van der Waals surface area contributed by atoms with Gasteiger partial charge in [-0.25, -0.2) is 0 Å².